The molecule has 0 saturated heterocycles. The van der Waals surface area contributed by atoms with Gasteiger partial charge in [0.2, 0.25) is 5.88 Å². The molecule has 0 radical (unpaired) electrons. The van der Waals surface area contributed by atoms with Crippen LogP contribution in [0.25, 0.3) is 10.8 Å². The Morgan fingerprint density at radius 3 is 2.75 bits per heavy atom. The highest BCUT2D eigenvalue weighted by Crippen LogP contribution is 2.32. The molecule has 20 heavy (non-hydrogen) atoms. The number of methoxy groups -OCH3 is 1. The molecule has 0 aliphatic carbocycles. The first-order valence-corrected chi connectivity index (χ1v) is 6.10. The zero-order valence-electron chi connectivity index (χ0n) is 10.9. The van der Waals surface area contributed by atoms with Gasteiger partial charge < -0.3 is 15.2 Å². The Hall–Kier alpha value is -2.82. The van der Waals surface area contributed by atoms with Gasteiger partial charge in [-0.25, -0.2) is 0 Å². The van der Waals surface area contributed by atoms with E-state index in [1.165, 1.54) is 0 Å². The summed E-state index contributed by atoms with van der Waals surface area (Å²) in [6.07, 6.45) is 1.69. The number of nitrogen functional groups attached to an aromatic ring is 1. The van der Waals surface area contributed by atoms with Crippen molar-refractivity contribution in [2.45, 2.75) is 0 Å². The molecular formula is C15H13N3O2. The lowest BCUT2D eigenvalue weighted by molar-refractivity contribution is 0.412. The molecule has 5 nitrogen and oxygen atoms in total. The van der Waals surface area contributed by atoms with E-state index in [9.17, 15) is 0 Å². The van der Waals surface area contributed by atoms with Crippen LogP contribution >= 0.6 is 0 Å². The Morgan fingerprint density at radius 2 is 1.95 bits per heavy atom. The van der Waals surface area contributed by atoms with E-state index < -0.39 is 0 Å². The predicted molar refractivity (Wildman–Crippen MR) is 77.0 cm³/mol. The number of anilines is 1. The van der Waals surface area contributed by atoms with E-state index >= 15 is 0 Å². The Morgan fingerprint density at radius 1 is 1.10 bits per heavy atom. The molecule has 0 spiro atoms. The van der Waals surface area contributed by atoms with Gasteiger partial charge in [0.05, 0.1) is 19.0 Å². The van der Waals surface area contributed by atoms with Gasteiger partial charge in [-0.3, -0.25) is 0 Å². The van der Waals surface area contributed by atoms with Crippen molar-refractivity contribution in [2.24, 2.45) is 0 Å². The molecule has 2 aromatic carbocycles. The van der Waals surface area contributed by atoms with Crippen molar-refractivity contribution in [1.82, 2.24) is 10.2 Å². The third kappa shape index (κ3) is 2.21. The Balaban J connectivity index is 2.01. The van der Waals surface area contributed by atoms with Crippen molar-refractivity contribution in [1.29, 1.82) is 0 Å². The zero-order valence-corrected chi connectivity index (χ0v) is 10.9. The maximum Gasteiger partial charge on any atom is 0.246 e. The van der Waals surface area contributed by atoms with E-state index in [4.69, 9.17) is 15.2 Å². The van der Waals surface area contributed by atoms with Gasteiger partial charge in [0.25, 0.3) is 0 Å². The second-order valence-electron chi connectivity index (χ2n) is 4.24. The molecule has 0 atom stereocenters. The smallest absolute Gasteiger partial charge is 0.246 e. The highest BCUT2D eigenvalue weighted by Gasteiger charge is 2.08. The van der Waals surface area contributed by atoms with Crippen LogP contribution in [0.4, 0.5) is 5.69 Å². The number of benzene rings is 2. The van der Waals surface area contributed by atoms with E-state index in [0.717, 1.165) is 10.8 Å². The van der Waals surface area contributed by atoms with Gasteiger partial charge in [-0.2, -0.15) is 5.10 Å². The van der Waals surface area contributed by atoms with Gasteiger partial charge in [-0.1, -0.05) is 18.2 Å². The fourth-order valence-corrected chi connectivity index (χ4v) is 1.93. The molecule has 100 valence electrons. The van der Waals surface area contributed by atoms with Crippen molar-refractivity contribution in [3.8, 4) is 17.4 Å². The first-order chi connectivity index (χ1) is 9.78. The monoisotopic (exact) mass is 267 g/mol. The van der Waals surface area contributed by atoms with Crippen molar-refractivity contribution in [3.05, 3.63) is 48.7 Å². The van der Waals surface area contributed by atoms with Gasteiger partial charge in [-0.05, 0) is 18.2 Å². The van der Waals surface area contributed by atoms with Crippen molar-refractivity contribution >= 4 is 16.5 Å². The summed E-state index contributed by atoms with van der Waals surface area (Å²) in [6.45, 7) is 0. The minimum absolute atomic E-state index is 0.431. The molecule has 3 aromatic rings. The molecule has 0 fully saturated rings. The summed E-state index contributed by atoms with van der Waals surface area (Å²) in [6, 6.07) is 13.0. The molecule has 0 bridgehead atoms. The molecule has 0 saturated carbocycles. The molecule has 0 aliphatic rings. The average Bonchev–Trinajstić information content (AvgIpc) is 2.49. The molecule has 1 aromatic heterocycles. The number of rotatable bonds is 3. The van der Waals surface area contributed by atoms with Gasteiger partial charge in [0, 0.05) is 16.8 Å². The average molecular weight is 267 g/mol. The maximum absolute atomic E-state index is 5.94. The van der Waals surface area contributed by atoms with Crippen molar-refractivity contribution in [2.75, 3.05) is 12.8 Å². The van der Waals surface area contributed by atoms with Gasteiger partial charge in [-0.15, -0.1) is 5.10 Å². The van der Waals surface area contributed by atoms with Gasteiger partial charge in [0.1, 0.15) is 5.75 Å². The van der Waals surface area contributed by atoms with E-state index in [0.29, 0.717) is 23.1 Å². The number of hydrogen-bond donors (Lipinski definition) is 1. The van der Waals surface area contributed by atoms with Crippen LogP contribution in [0.1, 0.15) is 0 Å². The quantitative estimate of drug-likeness (QED) is 0.739. The molecule has 1 heterocycles. The number of nitrogens with two attached hydrogens (primary N) is 1. The SMILES string of the molecule is COc1ccc(Oc2nncc3ccccc23)c(N)c1. The van der Waals surface area contributed by atoms with Crippen LogP contribution in [-0.4, -0.2) is 17.3 Å². The van der Waals surface area contributed by atoms with Gasteiger partial charge in [0.15, 0.2) is 5.75 Å². The van der Waals surface area contributed by atoms with E-state index in [1.807, 2.05) is 24.3 Å². The Labute approximate surface area is 116 Å². The van der Waals surface area contributed by atoms with Crippen LogP contribution in [-0.2, 0) is 0 Å². The standard InChI is InChI=1S/C15H13N3O2/c1-19-11-6-7-14(13(16)8-11)20-15-12-5-3-2-4-10(12)9-17-18-15/h2-9H,16H2,1H3. The second-order valence-corrected chi connectivity index (χ2v) is 4.24. The van der Waals surface area contributed by atoms with Crippen molar-refractivity contribution in [3.63, 3.8) is 0 Å². The molecule has 0 amide bonds. The highest BCUT2D eigenvalue weighted by atomic mass is 16.5. The molecular weight excluding hydrogens is 254 g/mol. The summed E-state index contributed by atoms with van der Waals surface area (Å²) in [4.78, 5) is 0. The lowest BCUT2D eigenvalue weighted by atomic mass is 10.2. The molecule has 5 heteroatoms. The predicted octanol–water partition coefficient (Wildman–Crippen LogP) is 3.01. The molecule has 2 N–H and O–H groups in total. The largest absolute Gasteiger partial charge is 0.497 e. The summed E-state index contributed by atoms with van der Waals surface area (Å²) in [5, 5.41) is 9.81. The van der Waals surface area contributed by atoms with E-state index in [-0.39, 0.29) is 0 Å². The molecule has 3 rings (SSSR count). The normalized spacial score (nSPS) is 10.4. The third-order valence-electron chi connectivity index (χ3n) is 2.96. The lowest BCUT2D eigenvalue weighted by Gasteiger charge is -2.10. The van der Waals surface area contributed by atoms with Crippen LogP contribution in [0.3, 0.4) is 0 Å². The third-order valence-corrected chi connectivity index (χ3v) is 2.96. The van der Waals surface area contributed by atoms with Crippen LogP contribution in [0.15, 0.2) is 48.7 Å². The maximum atomic E-state index is 5.94. The van der Waals surface area contributed by atoms with Crippen LogP contribution in [0.5, 0.6) is 17.4 Å². The summed E-state index contributed by atoms with van der Waals surface area (Å²) in [5.41, 5.74) is 6.42. The summed E-state index contributed by atoms with van der Waals surface area (Å²) in [7, 11) is 1.59. The number of aromatic nitrogens is 2. The minimum atomic E-state index is 0.431. The van der Waals surface area contributed by atoms with Crippen LogP contribution in [0, 0.1) is 0 Å². The summed E-state index contributed by atoms with van der Waals surface area (Å²) in [5.74, 6) is 1.63. The number of hydrogen-bond acceptors (Lipinski definition) is 5. The molecule has 0 unspecified atom stereocenters. The topological polar surface area (TPSA) is 70.3 Å². The minimum Gasteiger partial charge on any atom is -0.497 e. The Kier molecular flexibility index (Phi) is 3.09. The first kappa shape index (κ1) is 12.2. The fraction of sp³-hybridized carbons (Fsp3) is 0.0667. The van der Waals surface area contributed by atoms with Gasteiger partial charge >= 0.3 is 0 Å². The van der Waals surface area contributed by atoms with E-state index in [2.05, 4.69) is 10.2 Å². The van der Waals surface area contributed by atoms with Crippen LogP contribution < -0.4 is 15.2 Å². The second kappa shape index (κ2) is 5.05. The fourth-order valence-electron chi connectivity index (χ4n) is 1.93. The van der Waals surface area contributed by atoms with Crippen LogP contribution in [0.2, 0.25) is 0 Å². The molecule has 0 aliphatic heterocycles. The summed E-state index contributed by atoms with van der Waals surface area (Å²) < 4.78 is 10.9. The number of ether oxygens (including phenoxy) is 2. The first-order valence-electron chi connectivity index (χ1n) is 6.10. The van der Waals surface area contributed by atoms with E-state index in [1.54, 1.807) is 31.5 Å². The van der Waals surface area contributed by atoms with Crippen molar-refractivity contribution < 1.29 is 9.47 Å². The Bertz CT molecular complexity index is 754. The number of fused-ring (bicyclic) bond motifs is 1. The summed E-state index contributed by atoms with van der Waals surface area (Å²) >= 11 is 0. The highest BCUT2D eigenvalue weighted by molar-refractivity contribution is 5.86. The number of nitrogens with zero attached hydrogens (tertiary/aromatic N) is 2. The lowest BCUT2D eigenvalue weighted by Crippen LogP contribution is -1.96. The zero-order chi connectivity index (χ0) is 13.9.